The number of anilines is 2. The molecule has 0 saturated carbocycles. The van der Waals surface area contributed by atoms with Gasteiger partial charge in [-0.25, -0.2) is 22.8 Å². The van der Waals surface area contributed by atoms with Crippen molar-refractivity contribution in [3.05, 3.63) is 59.9 Å². The molecule has 0 spiro atoms. The number of ketones is 1. The summed E-state index contributed by atoms with van der Waals surface area (Å²) in [6.07, 6.45) is 1.10. The maximum Gasteiger partial charge on any atom is 0.294 e. The van der Waals surface area contributed by atoms with Gasteiger partial charge in [-0.05, 0) is 43.3 Å². The molecule has 5 heterocycles. The molecule has 3 aromatic heterocycles. The number of Topliss-reactive ketones (excluding diaryl/α,β-unsaturated/α-hetero) is 1. The number of amidine groups is 1. The molecule has 1 fully saturated rings. The van der Waals surface area contributed by atoms with Crippen molar-refractivity contribution in [3.8, 4) is 28.4 Å². The monoisotopic (exact) mass is 603 g/mol. The normalized spacial score (nSPS) is 15.5. The Hall–Kier alpha value is -4.91. The van der Waals surface area contributed by atoms with Crippen LogP contribution in [-0.2, 0) is 21.5 Å². The summed E-state index contributed by atoms with van der Waals surface area (Å²) in [5.74, 6) is 0.175. The van der Waals surface area contributed by atoms with Crippen LogP contribution < -0.4 is 13.9 Å². The highest BCUT2D eigenvalue weighted by Gasteiger charge is 2.32. The molecule has 0 atom stereocenters. The number of hydrogen-bond donors (Lipinski definition) is 0. The molecule has 0 amide bonds. The maximum absolute atomic E-state index is 14.7. The highest BCUT2D eigenvalue weighted by Crippen LogP contribution is 2.44. The van der Waals surface area contributed by atoms with Gasteiger partial charge in [0.1, 0.15) is 29.5 Å². The minimum atomic E-state index is -3.71. The molecule has 1 saturated heterocycles. The minimum absolute atomic E-state index is 0.188. The molecule has 0 bridgehead atoms. The molecular formula is C30H26FN5O6S. The first-order chi connectivity index (χ1) is 20.6. The van der Waals surface area contributed by atoms with Gasteiger partial charge in [0.05, 0.1) is 41.0 Å². The zero-order chi connectivity index (χ0) is 30.2. The number of pyridine rings is 1. The molecule has 0 aliphatic carbocycles. The van der Waals surface area contributed by atoms with Crippen LogP contribution in [0.4, 0.5) is 16.0 Å². The second-order valence-corrected chi connectivity index (χ2v) is 12.4. The lowest BCUT2D eigenvalue weighted by Crippen LogP contribution is -2.25. The number of sulfonamides is 1. The van der Waals surface area contributed by atoms with Crippen LogP contribution in [0.15, 0.2) is 57.9 Å². The molecule has 43 heavy (non-hydrogen) atoms. The van der Waals surface area contributed by atoms with Crippen molar-refractivity contribution in [1.82, 2.24) is 9.55 Å². The van der Waals surface area contributed by atoms with Gasteiger partial charge in [0.15, 0.2) is 12.5 Å². The topological polar surface area (TPSA) is 119 Å². The Morgan fingerprint density at radius 3 is 2.67 bits per heavy atom. The van der Waals surface area contributed by atoms with E-state index in [-0.39, 0.29) is 24.2 Å². The molecule has 7 rings (SSSR count). The first-order valence-electron chi connectivity index (χ1n) is 13.4. The lowest BCUT2D eigenvalue weighted by molar-refractivity contribution is 0.101. The Morgan fingerprint density at radius 2 is 1.93 bits per heavy atom. The summed E-state index contributed by atoms with van der Waals surface area (Å²) in [5, 5.41) is 0.926. The van der Waals surface area contributed by atoms with Crippen LogP contribution >= 0.6 is 0 Å². The summed E-state index contributed by atoms with van der Waals surface area (Å²) in [6.45, 7) is 2.43. The number of fused-ring (bicyclic) bond motifs is 6. The van der Waals surface area contributed by atoms with E-state index < -0.39 is 10.0 Å². The van der Waals surface area contributed by atoms with Gasteiger partial charge in [-0.2, -0.15) is 0 Å². The van der Waals surface area contributed by atoms with Crippen LogP contribution in [0.25, 0.3) is 44.5 Å². The molecular weight excluding hydrogens is 577 g/mol. The van der Waals surface area contributed by atoms with E-state index in [1.807, 2.05) is 10.6 Å². The van der Waals surface area contributed by atoms with E-state index in [2.05, 4.69) is 4.99 Å². The Kier molecular flexibility index (Phi) is 5.99. The Labute approximate surface area is 245 Å². The fourth-order valence-corrected chi connectivity index (χ4v) is 6.19. The predicted octanol–water partition coefficient (Wildman–Crippen LogP) is 5.03. The van der Waals surface area contributed by atoms with E-state index in [1.165, 1.54) is 20.0 Å². The van der Waals surface area contributed by atoms with Crippen LogP contribution in [0.5, 0.6) is 5.75 Å². The number of rotatable bonds is 5. The van der Waals surface area contributed by atoms with Gasteiger partial charge in [-0.15, -0.1) is 0 Å². The van der Waals surface area contributed by atoms with Gasteiger partial charge >= 0.3 is 0 Å². The summed E-state index contributed by atoms with van der Waals surface area (Å²) >= 11 is 0. The molecule has 11 nitrogen and oxygen atoms in total. The number of ether oxygens (including phenoxy) is 2. The van der Waals surface area contributed by atoms with E-state index in [1.54, 1.807) is 48.3 Å². The van der Waals surface area contributed by atoms with Crippen LogP contribution in [0.2, 0.25) is 0 Å². The average molecular weight is 604 g/mol. The summed E-state index contributed by atoms with van der Waals surface area (Å²) in [6, 6.07) is 13.7. The number of hydrogen-bond acceptors (Lipinski definition) is 8. The number of aliphatic imine (C=N–C) groups is 1. The van der Waals surface area contributed by atoms with Crippen molar-refractivity contribution in [1.29, 1.82) is 0 Å². The summed E-state index contributed by atoms with van der Waals surface area (Å²) in [4.78, 5) is 23.8. The van der Waals surface area contributed by atoms with Crippen molar-refractivity contribution in [2.75, 3.05) is 42.7 Å². The van der Waals surface area contributed by atoms with Gasteiger partial charge in [-0.3, -0.25) is 14.0 Å². The number of nitrogens with zero attached hydrogens (tertiary/aromatic N) is 5. The van der Waals surface area contributed by atoms with E-state index in [9.17, 15) is 17.6 Å². The number of carbonyl (C=O) groups excluding carboxylic acids is 1. The summed E-state index contributed by atoms with van der Waals surface area (Å²) < 4.78 is 60.9. The van der Waals surface area contributed by atoms with Crippen molar-refractivity contribution in [2.24, 2.45) is 4.99 Å². The van der Waals surface area contributed by atoms with Gasteiger partial charge in [0.2, 0.25) is 15.9 Å². The lowest BCUT2D eigenvalue weighted by atomic mass is 10.0. The number of benzene rings is 2. The highest BCUT2D eigenvalue weighted by atomic mass is 32.2. The predicted molar refractivity (Wildman–Crippen MR) is 161 cm³/mol. The smallest absolute Gasteiger partial charge is 0.294 e. The number of halogens is 1. The minimum Gasteiger partial charge on any atom is -0.470 e. The number of furan rings is 1. The Balaban J connectivity index is 1.48. The molecule has 0 N–H and O–H groups in total. The second-order valence-electron chi connectivity index (χ2n) is 10.4. The first kappa shape index (κ1) is 27.0. The fourth-order valence-electron chi connectivity index (χ4n) is 5.68. The zero-order valence-corrected chi connectivity index (χ0v) is 24.5. The standard InChI is InChI=1S/C30H26FN5O6S/c1-16(37)27-19-12-18(23(34(3)43(4,38)39)14-26(19)42-29(27)35-10-11-40-30(35)32-2)21-8-9-25-28(33-21)24-13-17-20(31)6-5-7-22(17)36(24)15-41-25/h5-9,12-14H,10-11,15H2,1-4H3/b32-30-. The lowest BCUT2D eigenvalue weighted by Gasteiger charge is -2.23. The third-order valence-electron chi connectivity index (χ3n) is 7.81. The zero-order valence-electron chi connectivity index (χ0n) is 23.7. The van der Waals surface area contributed by atoms with Gasteiger partial charge in [-0.1, -0.05) is 6.07 Å². The fraction of sp³-hybridized carbons (Fsp3) is 0.233. The third-order valence-corrected chi connectivity index (χ3v) is 9.00. The van der Waals surface area contributed by atoms with Crippen molar-refractivity contribution < 1.29 is 31.5 Å². The van der Waals surface area contributed by atoms with Gasteiger partial charge < -0.3 is 18.5 Å². The second kappa shape index (κ2) is 9.56. The quantitative estimate of drug-likeness (QED) is 0.257. The molecule has 2 aliphatic rings. The molecule has 2 aromatic carbocycles. The Morgan fingerprint density at radius 1 is 1.12 bits per heavy atom. The van der Waals surface area contributed by atoms with Crippen molar-refractivity contribution >= 4 is 55.3 Å². The van der Waals surface area contributed by atoms with Crippen molar-refractivity contribution in [3.63, 3.8) is 0 Å². The van der Waals surface area contributed by atoms with Crippen LogP contribution in [0.3, 0.4) is 0 Å². The molecule has 5 aromatic rings. The largest absolute Gasteiger partial charge is 0.470 e. The average Bonchev–Trinajstić information content (AvgIpc) is 3.70. The van der Waals surface area contributed by atoms with E-state index in [0.717, 1.165) is 10.6 Å². The third kappa shape index (κ3) is 4.14. The molecule has 220 valence electrons. The molecule has 13 heteroatoms. The first-order valence-corrected chi connectivity index (χ1v) is 15.3. The van der Waals surface area contributed by atoms with Gasteiger partial charge in [0, 0.05) is 36.5 Å². The molecule has 2 aliphatic heterocycles. The number of carbonyl (C=O) groups is 1. The summed E-state index contributed by atoms with van der Waals surface area (Å²) in [7, 11) is -0.692. The number of aromatic nitrogens is 2. The molecule has 0 radical (unpaired) electrons. The highest BCUT2D eigenvalue weighted by molar-refractivity contribution is 7.92. The summed E-state index contributed by atoms with van der Waals surface area (Å²) in [5.41, 5.74) is 3.60. The van der Waals surface area contributed by atoms with E-state index >= 15 is 0 Å². The van der Waals surface area contributed by atoms with Gasteiger partial charge in [0.25, 0.3) is 6.02 Å². The van der Waals surface area contributed by atoms with Crippen LogP contribution in [-0.4, -0.2) is 63.3 Å². The van der Waals surface area contributed by atoms with E-state index in [0.29, 0.717) is 80.7 Å². The van der Waals surface area contributed by atoms with Crippen molar-refractivity contribution in [2.45, 2.75) is 13.7 Å². The van der Waals surface area contributed by atoms with E-state index in [4.69, 9.17) is 18.9 Å². The SMILES string of the molecule is C/N=C1\OCCN1c1oc2cc(N(C)S(C)(=O)=O)c(-c3ccc4c(n3)-c3cc5c(F)cccc5n3CO4)cc2c1C(C)=O. The van der Waals surface area contributed by atoms with Crippen LogP contribution in [0, 0.1) is 5.82 Å². The molecule has 0 unspecified atom stereocenters. The Bertz CT molecular complexity index is 2130. The maximum atomic E-state index is 14.7. The van der Waals surface area contributed by atoms with Crippen LogP contribution in [0.1, 0.15) is 17.3 Å².